The molecular formula is C17H35N3O2. The van der Waals surface area contributed by atoms with Gasteiger partial charge in [0.1, 0.15) is 5.60 Å². The molecule has 1 rings (SSSR count). The van der Waals surface area contributed by atoms with Crippen molar-refractivity contribution in [3.63, 3.8) is 0 Å². The minimum atomic E-state index is -0.408. The first-order valence-corrected chi connectivity index (χ1v) is 8.60. The van der Waals surface area contributed by atoms with Gasteiger partial charge in [0, 0.05) is 25.2 Å². The van der Waals surface area contributed by atoms with Gasteiger partial charge in [-0.05, 0) is 74.0 Å². The third-order valence-corrected chi connectivity index (χ3v) is 4.15. The molecule has 0 radical (unpaired) electrons. The van der Waals surface area contributed by atoms with Crippen LogP contribution in [0.2, 0.25) is 0 Å². The Balaban J connectivity index is 2.16. The van der Waals surface area contributed by atoms with Crippen LogP contribution in [-0.2, 0) is 4.74 Å². The molecule has 0 saturated carbocycles. The van der Waals surface area contributed by atoms with Gasteiger partial charge in [0.25, 0.3) is 0 Å². The number of piperidine rings is 1. The fourth-order valence-electron chi connectivity index (χ4n) is 2.49. The maximum atomic E-state index is 12.0. The fraction of sp³-hybridized carbons (Fsp3) is 0.941. The highest BCUT2D eigenvalue weighted by molar-refractivity contribution is 5.68. The number of amides is 1. The Labute approximate surface area is 136 Å². The van der Waals surface area contributed by atoms with E-state index in [1.165, 1.54) is 6.42 Å². The first-order valence-electron chi connectivity index (χ1n) is 8.60. The number of ether oxygens (including phenoxy) is 1. The third kappa shape index (κ3) is 7.45. The number of carbonyl (C=O) groups excluding carboxylic acids is 1. The number of rotatable bonds is 6. The second kappa shape index (κ2) is 8.73. The minimum Gasteiger partial charge on any atom is -0.444 e. The van der Waals surface area contributed by atoms with Crippen LogP contribution in [0.15, 0.2) is 0 Å². The van der Waals surface area contributed by atoms with Gasteiger partial charge in [-0.25, -0.2) is 4.79 Å². The summed E-state index contributed by atoms with van der Waals surface area (Å²) in [6.07, 6.45) is 3.02. The molecule has 0 bridgehead atoms. The summed E-state index contributed by atoms with van der Waals surface area (Å²) in [7, 11) is 2.17. The molecule has 0 spiro atoms. The standard InChI is InChI=1S/C17H35N3O2/c1-14(2)19(6)11-7-10-18-15-8-12-20(13-9-15)16(21)22-17(3,4)5/h14-15,18H,7-13H2,1-6H3. The van der Waals surface area contributed by atoms with Crippen molar-refractivity contribution in [1.82, 2.24) is 15.1 Å². The van der Waals surface area contributed by atoms with Gasteiger partial charge in [0.2, 0.25) is 0 Å². The predicted molar refractivity (Wildman–Crippen MR) is 91.2 cm³/mol. The molecule has 22 heavy (non-hydrogen) atoms. The third-order valence-electron chi connectivity index (χ3n) is 4.15. The zero-order valence-corrected chi connectivity index (χ0v) is 15.3. The molecule has 1 heterocycles. The van der Waals surface area contributed by atoms with Gasteiger partial charge in [-0.1, -0.05) is 0 Å². The fourth-order valence-corrected chi connectivity index (χ4v) is 2.49. The molecule has 0 aromatic heterocycles. The molecule has 0 aliphatic carbocycles. The quantitative estimate of drug-likeness (QED) is 0.766. The van der Waals surface area contributed by atoms with Gasteiger partial charge < -0.3 is 19.9 Å². The monoisotopic (exact) mass is 313 g/mol. The predicted octanol–water partition coefficient (Wildman–Crippen LogP) is 2.71. The van der Waals surface area contributed by atoms with Crippen molar-refractivity contribution in [2.75, 3.05) is 33.2 Å². The van der Waals surface area contributed by atoms with Crippen LogP contribution in [0, 0.1) is 0 Å². The Hall–Kier alpha value is -0.810. The van der Waals surface area contributed by atoms with E-state index in [0.29, 0.717) is 12.1 Å². The summed E-state index contributed by atoms with van der Waals surface area (Å²) in [5.41, 5.74) is -0.408. The first-order chi connectivity index (χ1) is 10.2. The van der Waals surface area contributed by atoms with Crippen molar-refractivity contribution >= 4 is 6.09 Å². The highest BCUT2D eigenvalue weighted by atomic mass is 16.6. The summed E-state index contributed by atoms with van der Waals surface area (Å²) >= 11 is 0. The number of hydrogen-bond donors (Lipinski definition) is 1. The largest absolute Gasteiger partial charge is 0.444 e. The Kier molecular flexibility index (Phi) is 7.63. The molecule has 0 aromatic carbocycles. The van der Waals surface area contributed by atoms with Crippen molar-refractivity contribution in [3.8, 4) is 0 Å². The van der Waals surface area contributed by atoms with Crippen molar-refractivity contribution in [1.29, 1.82) is 0 Å². The zero-order chi connectivity index (χ0) is 16.8. The van der Waals surface area contributed by atoms with Crippen LogP contribution >= 0.6 is 0 Å². The van der Waals surface area contributed by atoms with Crippen LogP contribution < -0.4 is 5.32 Å². The highest BCUT2D eigenvalue weighted by Gasteiger charge is 2.26. The average molecular weight is 313 g/mol. The second-order valence-corrected chi connectivity index (χ2v) is 7.62. The molecule has 1 fully saturated rings. The van der Waals surface area contributed by atoms with Crippen LogP contribution in [0.1, 0.15) is 53.9 Å². The van der Waals surface area contributed by atoms with E-state index in [9.17, 15) is 4.79 Å². The smallest absolute Gasteiger partial charge is 0.410 e. The van der Waals surface area contributed by atoms with E-state index in [0.717, 1.165) is 39.0 Å². The number of carbonyl (C=O) groups is 1. The summed E-state index contributed by atoms with van der Waals surface area (Å²) in [6, 6.07) is 1.14. The molecule has 5 nitrogen and oxygen atoms in total. The lowest BCUT2D eigenvalue weighted by Gasteiger charge is -2.34. The number of hydrogen-bond acceptors (Lipinski definition) is 4. The zero-order valence-electron chi connectivity index (χ0n) is 15.3. The summed E-state index contributed by atoms with van der Waals surface area (Å²) < 4.78 is 5.42. The van der Waals surface area contributed by atoms with Gasteiger partial charge >= 0.3 is 6.09 Å². The van der Waals surface area contributed by atoms with Gasteiger partial charge in [-0.3, -0.25) is 0 Å². The number of nitrogens with one attached hydrogen (secondary N) is 1. The maximum absolute atomic E-state index is 12.0. The van der Waals surface area contributed by atoms with Gasteiger partial charge in [-0.15, -0.1) is 0 Å². The van der Waals surface area contributed by atoms with E-state index < -0.39 is 5.60 Å². The number of likely N-dealkylation sites (tertiary alicyclic amines) is 1. The first kappa shape index (κ1) is 19.2. The minimum absolute atomic E-state index is 0.176. The molecule has 1 aliphatic rings. The van der Waals surface area contributed by atoms with E-state index in [4.69, 9.17) is 4.74 Å². The summed E-state index contributed by atoms with van der Waals surface area (Å²) in [5, 5.41) is 3.62. The van der Waals surface area contributed by atoms with Crippen molar-refractivity contribution < 1.29 is 9.53 Å². The van der Waals surface area contributed by atoms with E-state index in [1.807, 2.05) is 25.7 Å². The van der Waals surface area contributed by atoms with Gasteiger partial charge in [-0.2, -0.15) is 0 Å². The summed E-state index contributed by atoms with van der Waals surface area (Å²) in [6.45, 7) is 13.9. The number of nitrogens with zero attached hydrogens (tertiary/aromatic N) is 2. The normalized spacial score (nSPS) is 17.4. The van der Waals surface area contributed by atoms with Crippen LogP contribution in [-0.4, -0.2) is 66.8 Å². The Bertz CT molecular complexity index is 331. The van der Waals surface area contributed by atoms with Crippen LogP contribution in [0.4, 0.5) is 4.79 Å². The second-order valence-electron chi connectivity index (χ2n) is 7.62. The lowest BCUT2D eigenvalue weighted by molar-refractivity contribution is 0.0198. The highest BCUT2D eigenvalue weighted by Crippen LogP contribution is 2.15. The SMILES string of the molecule is CC(C)N(C)CCCNC1CCN(C(=O)OC(C)(C)C)CC1. The molecule has 0 aromatic rings. The maximum Gasteiger partial charge on any atom is 0.410 e. The molecule has 0 unspecified atom stereocenters. The van der Waals surface area contributed by atoms with Crippen LogP contribution in [0.25, 0.3) is 0 Å². The molecule has 1 N–H and O–H groups in total. The Morgan fingerprint density at radius 2 is 1.91 bits per heavy atom. The molecule has 1 amide bonds. The van der Waals surface area contributed by atoms with Crippen LogP contribution in [0.5, 0.6) is 0 Å². The van der Waals surface area contributed by atoms with Crippen molar-refractivity contribution in [2.45, 2.75) is 71.6 Å². The van der Waals surface area contributed by atoms with E-state index in [1.54, 1.807) is 0 Å². The topological polar surface area (TPSA) is 44.8 Å². The van der Waals surface area contributed by atoms with Gasteiger partial charge in [0.15, 0.2) is 0 Å². The lowest BCUT2D eigenvalue weighted by atomic mass is 10.1. The van der Waals surface area contributed by atoms with E-state index >= 15 is 0 Å². The van der Waals surface area contributed by atoms with Crippen molar-refractivity contribution in [2.24, 2.45) is 0 Å². The van der Waals surface area contributed by atoms with Crippen molar-refractivity contribution in [3.05, 3.63) is 0 Å². The average Bonchev–Trinajstić information content (AvgIpc) is 2.42. The molecule has 0 atom stereocenters. The lowest BCUT2D eigenvalue weighted by Crippen LogP contribution is -2.46. The summed E-state index contributed by atoms with van der Waals surface area (Å²) in [4.78, 5) is 16.2. The molecule has 1 aliphatic heterocycles. The molecule has 130 valence electrons. The summed E-state index contributed by atoms with van der Waals surface area (Å²) in [5.74, 6) is 0. The molecule has 1 saturated heterocycles. The molecular weight excluding hydrogens is 278 g/mol. The van der Waals surface area contributed by atoms with E-state index in [2.05, 4.69) is 31.1 Å². The van der Waals surface area contributed by atoms with Gasteiger partial charge in [0.05, 0.1) is 0 Å². The molecule has 5 heteroatoms. The van der Waals surface area contributed by atoms with E-state index in [-0.39, 0.29) is 6.09 Å². The Morgan fingerprint density at radius 1 is 1.32 bits per heavy atom. The van der Waals surface area contributed by atoms with Crippen LogP contribution in [0.3, 0.4) is 0 Å². The Morgan fingerprint density at radius 3 is 2.41 bits per heavy atom.